The number of hydrogen-bond acceptors (Lipinski definition) is 5. The molecule has 3 aromatic rings. The van der Waals surface area contributed by atoms with Gasteiger partial charge in [0.15, 0.2) is 6.04 Å². The number of rotatable bonds is 8. The SMILES string of the molecule is CN(C(C(=O)N1C2CCC1CC(N)C2)C(F)(F)c1ccc(Br)cc1)S(=O)(=O)c1ccc2nn(CC3CCCC3)cc2c1. The molecule has 1 aliphatic carbocycles. The van der Waals surface area contributed by atoms with E-state index in [2.05, 4.69) is 21.0 Å². The first-order chi connectivity index (χ1) is 19.9. The van der Waals surface area contributed by atoms with Gasteiger partial charge in [-0.25, -0.2) is 8.42 Å². The Morgan fingerprint density at radius 2 is 1.74 bits per heavy atom. The van der Waals surface area contributed by atoms with Crippen molar-refractivity contribution >= 4 is 42.8 Å². The Morgan fingerprint density at radius 3 is 2.38 bits per heavy atom. The van der Waals surface area contributed by atoms with Crippen molar-refractivity contribution in [3.8, 4) is 0 Å². The second-order valence-corrected chi connectivity index (χ2v) is 15.1. The Hall–Kier alpha value is -2.41. The summed E-state index contributed by atoms with van der Waals surface area (Å²) < 4.78 is 63.9. The van der Waals surface area contributed by atoms with Crippen molar-refractivity contribution in [2.75, 3.05) is 7.05 Å². The lowest BCUT2D eigenvalue weighted by Gasteiger charge is -2.42. The summed E-state index contributed by atoms with van der Waals surface area (Å²) in [6.45, 7) is 0.758. The van der Waals surface area contributed by atoms with Crippen molar-refractivity contribution in [1.82, 2.24) is 19.0 Å². The molecule has 2 aromatic carbocycles. The zero-order valence-corrected chi connectivity index (χ0v) is 25.9. The summed E-state index contributed by atoms with van der Waals surface area (Å²) in [5, 5.41) is 5.20. The molecule has 3 heterocycles. The first-order valence-corrected chi connectivity index (χ1v) is 16.9. The third-order valence-electron chi connectivity index (χ3n) is 9.31. The smallest absolute Gasteiger partial charge is 0.298 e. The van der Waals surface area contributed by atoms with Crippen molar-refractivity contribution in [3.63, 3.8) is 0 Å². The number of carbonyl (C=O) groups is 1. The third-order valence-corrected chi connectivity index (χ3v) is 11.7. The van der Waals surface area contributed by atoms with E-state index in [0.717, 1.165) is 26.4 Å². The van der Waals surface area contributed by atoms with E-state index >= 15 is 8.78 Å². The number of piperidine rings is 1. The quantitative estimate of drug-likeness (QED) is 0.355. The van der Waals surface area contributed by atoms with Crippen LogP contribution in [0.15, 0.2) is 58.0 Å². The van der Waals surface area contributed by atoms with Crippen molar-refractivity contribution in [2.45, 2.75) is 92.9 Å². The van der Waals surface area contributed by atoms with E-state index < -0.39 is 33.5 Å². The molecule has 3 aliphatic rings. The fourth-order valence-electron chi connectivity index (χ4n) is 7.16. The van der Waals surface area contributed by atoms with Crippen molar-refractivity contribution in [3.05, 3.63) is 58.7 Å². The van der Waals surface area contributed by atoms with E-state index in [-0.39, 0.29) is 23.0 Å². The number of nitrogens with two attached hydrogens (primary N) is 1. The molecule has 226 valence electrons. The van der Waals surface area contributed by atoms with Crippen molar-refractivity contribution in [2.24, 2.45) is 11.7 Å². The number of fused-ring (bicyclic) bond motifs is 3. The van der Waals surface area contributed by atoms with Gasteiger partial charge in [0.05, 0.1) is 10.4 Å². The van der Waals surface area contributed by atoms with Gasteiger partial charge in [0.2, 0.25) is 15.9 Å². The van der Waals surface area contributed by atoms with E-state index in [0.29, 0.717) is 51.3 Å². The minimum Gasteiger partial charge on any atom is -0.335 e. The zero-order chi connectivity index (χ0) is 29.8. The number of hydrogen-bond donors (Lipinski definition) is 1. The molecule has 42 heavy (non-hydrogen) atoms. The maximum atomic E-state index is 16.4. The van der Waals surface area contributed by atoms with Crippen LogP contribution in [0.4, 0.5) is 8.78 Å². The lowest BCUT2D eigenvalue weighted by molar-refractivity contribution is -0.154. The van der Waals surface area contributed by atoms with Gasteiger partial charge in [-0.05, 0) is 74.8 Å². The van der Waals surface area contributed by atoms with Crippen molar-refractivity contribution < 1.29 is 22.0 Å². The lowest BCUT2D eigenvalue weighted by Crippen LogP contribution is -2.61. The third kappa shape index (κ3) is 5.39. The monoisotopic (exact) mass is 663 g/mol. The molecule has 8 nitrogen and oxygen atoms in total. The van der Waals surface area contributed by atoms with E-state index in [1.807, 2.05) is 4.68 Å². The van der Waals surface area contributed by atoms with Gasteiger partial charge < -0.3 is 10.6 Å². The molecule has 2 aliphatic heterocycles. The van der Waals surface area contributed by atoms with Gasteiger partial charge in [0, 0.05) is 53.3 Å². The average molecular weight is 665 g/mol. The standard InChI is InChI=1S/C30H36BrF2N5O3S/c1-36(42(40,41)26-12-13-27-20(14-26)18-37(35-27)17-19-4-2-3-5-19)28(30(32,33)21-6-8-22(31)9-7-21)29(39)38-24-10-11-25(38)16-23(34)15-24/h6-9,12-14,18-19,23-25,28H,2-5,10-11,15-17,34H2,1H3. The number of carbonyl (C=O) groups excluding carboxylic acids is 1. The highest BCUT2D eigenvalue weighted by Crippen LogP contribution is 2.42. The number of alkyl halides is 2. The van der Waals surface area contributed by atoms with Gasteiger partial charge in [0.1, 0.15) is 0 Å². The first-order valence-electron chi connectivity index (χ1n) is 14.6. The summed E-state index contributed by atoms with van der Waals surface area (Å²) in [4.78, 5) is 15.5. The van der Waals surface area contributed by atoms with Crippen LogP contribution in [0.2, 0.25) is 0 Å². The normalized spacial score (nSPS) is 24.1. The second-order valence-electron chi connectivity index (χ2n) is 12.1. The summed E-state index contributed by atoms with van der Waals surface area (Å²) in [7, 11) is -3.44. The molecule has 1 aromatic heterocycles. The number of sulfonamides is 1. The van der Waals surface area contributed by atoms with Crippen LogP contribution >= 0.6 is 15.9 Å². The number of likely N-dealkylation sites (N-methyl/N-ethyl adjacent to an activating group) is 1. The minimum atomic E-state index is -4.52. The van der Waals surface area contributed by atoms with Crippen LogP contribution in [-0.2, 0) is 27.3 Å². The van der Waals surface area contributed by atoms with E-state index in [4.69, 9.17) is 5.73 Å². The first kappa shape index (κ1) is 29.7. The van der Waals surface area contributed by atoms with Gasteiger partial charge in [-0.1, -0.05) is 40.9 Å². The molecule has 0 radical (unpaired) electrons. The predicted molar refractivity (Wildman–Crippen MR) is 159 cm³/mol. The molecule has 3 unspecified atom stereocenters. The van der Waals surface area contributed by atoms with Crippen molar-refractivity contribution in [1.29, 1.82) is 0 Å². The number of nitrogens with zero attached hydrogens (tertiary/aromatic N) is 4. The fourth-order valence-corrected chi connectivity index (χ4v) is 8.77. The van der Waals surface area contributed by atoms with Crippen LogP contribution < -0.4 is 5.73 Å². The zero-order valence-electron chi connectivity index (χ0n) is 23.5. The van der Waals surface area contributed by atoms with E-state index in [1.165, 1.54) is 54.1 Å². The number of aromatic nitrogens is 2. The Bertz CT molecular complexity index is 1560. The van der Waals surface area contributed by atoms with Crippen LogP contribution in [0.5, 0.6) is 0 Å². The Kier molecular flexibility index (Phi) is 7.95. The molecule has 2 saturated heterocycles. The fraction of sp³-hybridized carbons (Fsp3) is 0.533. The van der Waals surface area contributed by atoms with Crippen LogP contribution in [0.25, 0.3) is 10.9 Å². The molecule has 0 spiro atoms. The molecule has 3 fully saturated rings. The lowest BCUT2D eigenvalue weighted by atomic mass is 9.94. The highest BCUT2D eigenvalue weighted by atomic mass is 79.9. The highest BCUT2D eigenvalue weighted by Gasteiger charge is 2.56. The van der Waals surface area contributed by atoms with E-state index in [1.54, 1.807) is 12.3 Å². The highest BCUT2D eigenvalue weighted by molar-refractivity contribution is 9.10. The van der Waals surface area contributed by atoms with Crippen LogP contribution in [-0.4, -0.2) is 64.5 Å². The molecule has 1 saturated carbocycles. The molecule has 1 amide bonds. The van der Waals surface area contributed by atoms with Crippen LogP contribution in [0.3, 0.4) is 0 Å². The Balaban J connectivity index is 1.36. The maximum Gasteiger partial charge on any atom is 0.298 e. The summed E-state index contributed by atoms with van der Waals surface area (Å²) in [6, 6.07) is 6.83. The molecular formula is C30H36BrF2N5O3S. The van der Waals surface area contributed by atoms with Gasteiger partial charge in [-0.3, -0.25) is 9.48 Å². The molecule has 2 N–H and O–H groups in total. The van der Waals surface area contributed by atoms with Gasteiger partial charge in [-0.15, -0.1) is 0 Å². The predicted octanol–water partition coefficient (Wildman–Crippen LogP) is 5.25. The average Bonchev–Trinajstić information content (AvgIpc) is 3.66. The maximum absolute atomic E-state index is 16.4. The number of halogens is 3. The summed E-state index contributed by atoms with van der Waals surface area (Å²) in [6.07, 6.45) is 8.86. The Morgan fingerprint density at radius 1 is 1.10 bits per heavy atom. The number of amides is 1. The van der Waals surface area contributed by atoms with Gasteiger partial charge in [0.25, 0.3) is 5.92 Å². The molecule has 2 bridgehead atoms. The minimum absolute atomic E-state index is 0.111. The Labute approximate surface area is 253 Å². The summed E-state index contributed by atoms with van der Waals surface area (Å²) in [5.74, 6) is -4.16. The second kappa shape index (κ2) is 11.3. The number of benzene rings is 2. The summed E-state index contributed by atoms with van der Waals surface area (Å²) >= 11 is 3.26. The van der Waals surface area contributed by atoms with Crippen LogP contribution in [0, 0.1) is 5.92 Å². The molecular weight excluding hydrogens is 628 g/mol. The van der Waals surface area contributed by atoms with Gasteiger partial charge >= 0.3 is 0 Å². The van der Waals surface area contributed by atoms with Gasteiger partial charge in [-0.2, -0.15) is 18.2 Å². The molecule has 12 heteroatoms. The van der Waals surface area contributed by atoms with Crippen LogP contribution in [0.1, 0.15) is 56.9 Å². The molecule has 3 atom stereocenters. The largest absolute Gasteiger partial charge is 0.335 e. The summed E-state index contributed by atoms with van der Waals surface area (Å²) in [5.41, 5.74) is 6.37. The topological polar surface area (TPSA) is 102 Å². The molecule has 6 rings (SSSR count). The van der Waals surface area contributed by atoms with E-state index in [9.17, 15) is 13.2 Å².